The summed E-state index contributed by atoms with van der Waals surface area (Å²) in [5.41, 5.74) is 1.12. The Bertz CT molecular complexity index is 499. The number of amides is 1. The van der Waals surface area contributed by atoms with Gasteiger partial charge in [-0.2, -0.15) is 0 Å². The normalized spacial score (nSPS) is 27.0. The third-order valence-corrected chi connectivity index (χ3v) is 5.30. The summed E-state index contributed by atoms with van der Waals surface area (Å²) < 4.78 is 1.19. The first-order valence-corrected chi connectivity index (χ1v) is 8.46. The Morgan fingerprint density at radius 1 is 1.33 bits per heavy atom. The SMILES string of the molecule is CN(C(=O)Cc1cccc(I)c1)C1CC2CCC(C1)N2.Cl. The zero-order chi connectivity index (χ0) is 14.1. The van der Waals surface area contributed by atoms with Gasteiger partial charge >= 0.3 is 0 Å². The molecular formula is C16H22ClIN2O. The molecule has 0 aromatic heterocycles. The van der Waals surface area contributed by atoms with E-state index < -0.39 is 0 Å². The zero-order valence-corrected chi connectivity index (χ0v) is 15.2. The number of likely N-dealkylation sites (N-methyl/N-ethyl adjacent to an activating group) is 1. The van der Waals surface area contributed by atoms with E-state index in [2.05, 4.69) is 40.0 Å². The topological polar surface area (TPSA) is 32.3 Å². The summed E-state index contributed by atoms with van der Waals surface area (Å²) in [7, 11) is 1.98. The van der Waals surface area contributed by atoms with Crippen molar-refractivity contribution in [1.29, 1.82) is 0 Å². The molecule has 2 heterocycles. The molecule has 3 nitrogen and oxygen atoms in total. The van der Waals surface area contributed by atoms with E-state index in [4.69, 9.17) is 0 Å². The van der Waals surface area contributed by atoms with E-state index in [0.29, 0.717) is 24.5 Å². The van der Waals surface area contributed by atoms with Gasteiger partial charge in [-0.3, -0.25) is 4.79 Å². The third-order valence-electron chi connectivity index (χ3n) is 4.63. The molecule has 1 aromatic carbocycles. The molecule has 0 aliphatic carbocycles. The molecule has 1 amide bonds. The number of halogens is 2. The maximum atomic E-state index is 12.5. The predicted octanol–water partition coefficient (Wildman–Crippen LogP) is 3.00. The Kier molecular flexibility index (Phi) is 5.91. The largest absolute Gasteiger partial charge is 0.342 e. The van der Waals surface area contributed by atoms with Gasteiger partial charge < -0.3 is 10.2 Å². The monoisotopic (exact) mass is 420 g/mol. The maximum Gasteiger partial charge on any atom is 0.226 e. The highest BCUT2D eigenvalue weighted by atomic mass is 127. The van der Waals surface area contributed by atoms with Gasteiger partial charge in [0.2, 0.25) is 5.91 Å². The summed E-state index contributed by atoms with van der Waals surface area (Å²) in [5.74, 6) is 0.248. The number of carbonyl (C=O) groups is 1. The summed E-state index contributed by atoms with van der Waals surface area (Å²) in [4.78, 5) is 14.5. The van der Waals surface area contributed by atoms with Crippen molar-refractivity contribution in [2.45, 2.75) is 50.2 Å². The third kappa shape index (κ3) is 4.11. The van der Waals surface area contributed by atoms with Crippen molar-refractivity contribution in [3.8, 4) is 0 Å². The van der Waals surface area contributed by atoms with Crippen LogP contribution in [-0.2, 0) is 11.2 Å². The molecule has 2 unspecified atom stereocenters. The molecular weight excluding hydrogens is 399 g/mol. The van der Waals surface area contributed by atoms with Crippen molar-refractivity contribution in [3.63, 3.8) is 0 Å². The average Bonchev–Trinajstić information content (AvgIpc) is 2.76. The molecule has 0 saturated carbocycles. The van der Waals surface area contributed by atoms with Gasteiger partial charge in [-0.05, 0) is 66.0 Å². The number of hydrogen-bond acceptors (Lipinski definition) is 2. The first kappa shape index (κ1) is 17.0. The van der Waals surface area contributed by atoms with Crippen molar-refractivity contribution in [3.05, 3.63) is 33.4 Å². The standard InChI is InChI=1S/C16H21IN2O.ClH/c1-19(15-9-13-5-6-14(10-15)18-13)16(20)8-11-3-2-4-12(17)7-11;/h2-4,7,13-15,18H,5-6,8-10H2,1H3;1H. The minimum Gasteiger partial charge on any atom is -0.342 e. The van der Waals surface area contributed by atoms with Crippen molar-refractivity contribution in [2.24, 2.45) is 0 Å². The highest BCUT2D eigenvalue weighted by Crippen LogP contribution is 2.29. The summed E-state index contributed by atoms with van der Waals surface area (Å²) in [6.45, 7) is 0. The second kappa shape index (κ2) is 7.29. The van der Waals surface area contributed by atoms with Crippen molar-refractivity contribution >= 4 is 40.9 Å². The van der Waals surface area contributed by atoms with E-state index in [1.165, 1.54) is 16.4 Å². The molecule has 2 aliphatic heterocycles. The van der Waals surface area contributed by atoms with Crippen LogP contribution in [0.15, 0.2) is 24.3 Å². The molecule has 1 aromatic rings. The Morgan fingerprint density at radius 2 is 2.00 bits per heavy atom. The number of carbonyl (C=O) groups excluding carboxylic acids is 1. The first-order chi connectivity index (χ1) is 9.61. The van der Waals surface area contributed by atoms with Gasteiger partial charge in [0.15, 0.2) is 0 Å². The fraction of sp³-hybridized carbons (Fsp3) is 0.562. The Balaban J connectivity index is 0.00000161. The second-order valence-corrected chi connectivity index (χ2v) is 7.32. The minimum atomic E-state index is 0. The van der Waals surface area contributed by atoms with Gasteiger partial charge in [-0.1, -0.05) is 12.1 Å². The molecule has 3 rings (SSSR count). The number of rotatable bonds is 3. The lowest BCUT2D eigenvalue weighted by Crippen LogP contribution is -2.49. The van der Waals surface area contributed by atoms with Gasteiger partial charge in [0.25, 0.3) is 0 Å². The van der Waals surface area contributed by atoms with Gasteiger partial charge in [-0.25, -0.2) is 0 Å². The second-order valence-electron chi connectivity index (χ2n) is 6.07. The van der Waals surface area contributed by atoms with Crippen LogP contribution in [0.2, 0.25) is 0 Å². The van der Waals surface area contributed by atoms with Crippen LogP contribution in [0.1, 0.15) is 31.2 Å². The van der Waals surface area contributed by atoms with Crippen LogP contribution in [0.4, 0.5) is 0 Å². The molecule has 2 bridgehead atoms. The van der Waals surface area contributed by atoms with Crippen LogP contribution in [0.5, 0.6) is 0 Å². The number of nitrogens with zero attached hydrogens (tertiary/aromatic N) is 1. The Labute approximate surface area is 146 Å². The van der Waals surface area contributed by atoms with Gasteiger partial charge in [0.05, 0.1) is 6.42 Å². The van der Waals surface area contributed by atoms with Crippen LogP contribution in [0, 0.1) is 3.57 Å². The lowest BCUT2D eigenvalue weighted by Gasteiger charge is -2.35. The summed E-state index contributed by atoms with van der Waals surface area (Å²) in [5, 5.41) is 3.63. The van der Waals surface area contributed by atoms with E-state index >= 15 is 0 Å². The number of benzene rings is 1. The smallest absolute Gasteiger partial charge is 0.226 e. The molecule has 5 heteroatoms. The highest BCUT2D eigenvalue weighted by molar-refractivity contribution is 14.1. The van der Waals surface area contributed by atoms with E-state index in [-0.39, 0.29) is 18.3 Å². The molecule has 2 aliphatic rings. The molecule has 2 fully saturated rings. The molecule has 2 atom stereocenters. The molecule has 2 saturated heterocycles. The number of piperidine rings is 1. The minimum absolute atomic E-state index is 0. The Morgan fingerprint density at radius 3 is 2.62 bits per heavy atom. The zero-order valence-electron chi connectivity index (χ0n) is 12.2. The van der Waals surface area contributed by atoms with Crippen LogP contribution in [0.25, 0.3) is 0 Å². The molecule has 1 N–H and O–H groups in total. The lowest BCUT2D eigenvalue weighted by molar-refractivity contribution is -0.131. The molecule has 0 radical (unpaired) electrons. The molecule has 116 valence electrons. The van der Waals surface area contributed by atoms with E-state index in [0.717, 1.165) is 18.4 Å². The highest BCUT2D eigenvalue weighted by Gasteiger charge is 2.36. The molecule has 21 heavy (non-hydrogen) atoms. The van der Waals surface area contributed by atoms with Gasteiger partial charge in [-0.15, -0.1) is 12.4 Å². The fourth-order valence-corrected chi connectivity index (χ4v) is 4.10. The van der Waals surface area contributed by atoms with Gasteiger partial charge in [0.1, 0.15) is 0 Å². The van der Waals surface area contributed by atoms with E-state index in [1.54, 1.807) is 0 Å². The van der Waals surface area contributed by atoms with Crippen LogP contribution in [0.3, 0.4) is 0 Å². The summed E-state index contributed by atoms with van der Waals surface area (Å²) in [6, 6.07) is 9.90. The van der Waals surface area contributed by atoms with Crippen molar-refractivity contribution in [2.75, 3.05) is 7.05 Å². The van der Waals surface area contributed by atoms with Crippen molar-refractivity contribution < 1.29 is 4.79 Å². The van der Waals surface area contributed by atoms with Crippen LogP contribution in [-0.4, -0.2) is 36.0 Å². The Hall–Kier alpha value is -0.330. The van der Waals surface area contributed by atoms with Crippen molar-refractivity contribution in [1.82, 2.24) is 10.2 Å². The quantitative estimate of drug-likeness (QED) is 0.763. The average molecular weight is 421 g/mol. The number of fused-ring (bicyclic) bond motifs is 2. The summed E-state index contributed by atoms with van der Waals surface area (Å²) >= 11 is 2.29. The lowest BCUT2D eigenvalue weighted by atomic mass is 9.98. The first-order valence-electron chi connectivity index (χ1n) is 7.38. The number of hydrogen-bond donors (Lipinski definition) is 1. The summed E-state index contributed by atoms with van der Waals surface area (Å²) in [6.07, 6.45) is 5.31. The fourth-order valence-electron chi connectivity index (χ4n) is 3.49. The number of nitrogens with one attached hydrogen (secondary N) is 1. The van der Waals surface area contributed by atoms with E-state index in [9.17, 15) is 4.79 Å². The maximum absolute atomic E-state index is 12.5. The van der Waals surface area contributed by atoms with E-state index in [1.807, 2.05) is 24.1 Å². The van der Waals surface area contributed by atoms with Gasteiger partial charge in [0, 0.05) is 28.7 Å². The predicted molar refractivity (Wildman–Crippen MR) is 95.8 cm³/mol. The van der Waals surface area contributed by atoms with Crippen LogP contribution < -0.4 is 5.32 Å². The van der Waals surface area contributed by atoms with Crippen LogP contribution >= 0.6 is 35.0 Å². The molecule has 0 spiro atoms.